The molecule has 6 N–H and O–H groups in total. The number of benzene rings is 1. The third kappa shape index (κ3) is 2.85. The molecule has 138 valence electrons. The maximum Gasteiger partial charge on any atom is 0.407 e. The molecule has 0 heterocycles. The van der Waals surface area contributed by atoms with E-state index in [4.69, 9.17) is 11.5 Å². The highest BCUT2D eigenvalue weighted by Gasteiger charge is 2.74. The number of halogens is 6. The molecule has 0 aromatic heterocycles. The van der Waals surface area contributed by atoms with Crippen LogP contribution in [-0.2, 0) is 5.41 Å². The van der Waals surface area contributed by atoms with Crippen LogP contribution in [0.25, 0.3) is 0 Å². The molecule has 0 fully saturated rings. The van der Waals surface area contributed by atoms with Gasteiger partial charge in [0.1, 0.15) is 11.5 Å². The summed E-state index contributed by atoms with van der Waals surface area (Å²) in [7, 11) is 0. The summed E-state index contributed by atoms with van der Waals surface area (Å²) in [5.41, 5.74) is 4.07. The van der Waals surface area contributed by atoms with E-state index >= 15 is 0 Å². The number of alkyl halides is 6. The van der Waals surface area contributed by atoms with E-state index in [1.54, 1.807) is 0 Å². The Morgan fingerprint density at radius 1 is 0.960 bits per heavy atom. The molecule has 0 spiro atoms. The first-order chi connectivity index (χ1) is 11.3. The molecule has 0 aliphatic heterocycles. The normalized spacial score (nSPS) is 19.4. The van der Waals surface area contributed by atoms with Gasteiger partial charge in [0.25, 0.3) is 0 Å². The van der Waals surface area contributed by atoms with Crippen molar-refractivity contribution in [2.75, 3.05) is 5.73 Å². The van der Waals surface area contributed by atoms with Crippen LogP contribution in [0.5, 0.6) is 5.75 Å². The minimum absolute atomic E-state index is 0.443. The molecule has 1 aliphatic carbocycles. The summed E-state index contributed by atoms with van der Waals surface area (Å²) in [4.78, 5) is 0. The zero-order valence-electron chi connectivity index (χ0n) is 12.5. The van der Waals surface area contributed by atoms with E-state index in [0.29, 0.717) is 30.4 Å². The van der Waals surface area contributed by atoms with Gasteiger partial charge < -0.3 is 21.7 Å². The Labute approximate surface area is 138 Å². The summed E-state index contributed by atoms with van der Waals surface area (Å²) in [6.45, 7) is 0. The molecule has 1 aromatic rings. The van der Waals surface area contributed by atoms with Gasteiger partial charge in [0, 0.05) is 5.92 Å². The molecule has 1 atom stereocenters. The number of nitrogens with two attached hydrogens (primary N) is 2. The van der Waals surface area contributed by atoms with Crippen molar-refractivity contribution in [1.82, 2.24) is 0 Å². The van der Waals surface area contributed by atoms with Gasteiger partial charge in [0.15, 0.2) is 5.41 Å². The number of rotatable bonds is 2. The SMILES string of the molecule is NC1=C(O)C=CC(C(c2ccc(O)c(N)c2)(C(F)(F)F)C(F)(F)F)C1. The van der Waals surface area contributed by atoms with Crippen LogP contribution in [0.4, 0.5) is 32.0 Å². The molecular formula is C15H14F6N2O2. The molecule has 1 aliphatic rings. The first-order valence-corrected chi connectivity index (χ1v) is 6.90. The van der Waals surface area contributed by atoms with Crippen molar-refractivity contribution in [2.24, 2.45) is 11.7 Å². The second-order valence-corrected chi connectivity index (χ2v) is 5.66. The van der Waals surface area contributed by atoms with Gasteiger partial charge in [0.05, 0.1) is 11.4 Å². The van der Waals surface area contributed by atoms with Crippen LogP contribution >= 0.6 is 0 Å². The lowest BCUT2D eigenvalue weighted by atomic mass is 9.66. The highest BCUT2D eigenvalue weighted by Crippen LogP contribution is 2.59. The molecule has 0 saturated carbocycles. The monoisotopic (exact) mass is 368 g/mol. The number of hydrogen-bond donors (Lipinski definition) is 4. The summed E-state index contributed by atoms with van der Waals surface area (Å²) in [6.07, 6.45) is -11.0. The minimum Gasteiger partial charge on any atom is -0.506 e. The quantitative estimate of drug-likeness (QED) is 0.364. The molecule has 1 aromatic carbocycles. The van der Waals surface area contributed by atoms with Crippen LogP contribution in [0.15, 0.2) is 41.8 Å². The molecule has 25 heavy (non-hydrogen) atoms. The lowest BCUT2D eigenvalue weighted by Crippen LogP contribution is -2.58. The van der Waals surface area contributed by atoms with E-state index in [1.165, 1.54) is 0 Å². The number of allylic oxidation sites excluding steroid dienone is 3. The van der Waals surface area contributed by atoms with Crippen LogP contribution in [-0.4, -0.2) is 22.6 Å². The number of nitrogen functional groups attached to an aromatic ring is 1. The molecule has 0 saturated heterocycles. The Morgan fingerprint density at radius 2 is 1.52 bits per heavy atom. The van der Waals surface area contributed by atoms with E-state index in [9.17, 15) is 36.6 Å². The predicted molar refractivity (Wildman–Crippen MR) is 77.4 cm³/mol. The fraction of sp³-hybridized carbons (Fsp3) is 0.333. The standard InChI is InChI=1S/C15H14F6N2O2/c16-14(17,18)13(15(19,20)21,7-1-3-11(24)9(22)5-7)8-2-4-12(25)10(23)6-8/h1-5,8,24-25H,6,22-23H2. The second kappa shape index (κ2) is 5.78. The van der Waals surface area contributed by atoms with Crippen molar-refractivity contribution in [2.45, 2.75) is 24.2 Å². The first-order valence-electron chi connectivity index (χ1n) is 6.90. The number of aliphatic hydroxyl groups excluding tert-OH is 1. The number of aromatic hydroxyl groups is 1. The predicted octanol–water partition coefficient (Wildman–Crippen LogP) is 3.64. The van der Waals surface area contributed by atoms with Gasteiger partial charge in [-0.3, -0.25) is 0 Å². The summed E-state index contributed by atoms with van der Waals surface area (Å²) in [5.74, 6) is -3.38. The average Bonchev–Trinajstić information content (AvgIpc) is 2.44. The number of phenols is 1. The third-order valence-corrected chi connectivity index (χ3v) is 4.19. The zero-order chi connectivity index (χ0) is 19.2. The Morgan fingerprint density at radius 3 is 1.96 bits per heavy atom. The van der Waals surface area contributed by atoms with E-state index in [1.807, 2.05) is 0 Å². The first kappa shape index (κ1) is 18.8. The van der Waals surface area contributed by atoms with Crippen molar-refractivity contribution in [1.29, 1.82) is 0 Å². The van der Waals surface area contributed by atoms with Gasteiger partial charge >= 0.3 is 12.4 Å². The van der Waals surface area contributed by atoms with Crippen molar-refractivity contribution in [3.63, 3.8) is 0 Å². The summed E-state index contributed by atoms with van der Waals surface area (Å²) in [5, 5.41) is 18.7. The lowest BCUT2D eigenvalue weighted by Gasteiger charge is -2.43. The number of phenolic OH excluding ortho intramolecular Hbond substituents is 1. The van der Waals surface area contributed by atoms with Crippen LogP contribution in [0.2, 0.25) is 0 Å². The van der Waals surface area contributed by atoms with Gasteiger partial charge in [-0.05, 0) is 30.2 Å². The van der Waals surface area contributed by atoms with E-state index in [-0.39, 0.29) is 0 Å². The highest BCUT2D eigenvalue weighted by atomic mass is 19.4. The fourth-order valence-corrected chi connectivity index (χ4v) is 2.94. The van der Waals surface area contributed by atoms with Crippen molar-refractivity contribution in [3.8, 4) is 5.75 Å². The molecule has 10 heteroatoms. The zero-order valence-corrected chi connectivity index (χ0v) is 12.5. The highest BCUT2D eigenvalue weighted by molar-refractivity contribution is 5.56. The molecule has 0 amide bonds. The van der Waals surface area contributed by atoms with Crippen LogP contribution < -0.4 is 11.5 Å². The molecule has 0 radical (unpaired) electrons. The third-order valence-electron chi connectivity index (χ3n) is 4.19. The molecule has 2 rings (SSSR count). The van der Waals surface area contributed by atoms with Gasteiger partial charge in [-0.25, -0.2) is 0 Å². The van der Waals surface area contributed by atoms with Gasteiger partial charge in [0.2, 0.25) is 0 Å². The van der Waals surface area contributed by atoms with Gasteiger partial charge in [-0.1, -0.05) is 12.1 Å². The van der Waals surface area contributed by atoms with Crippen molar-refractivity contribution in [3.05, 3.63) is 47.4 Å². The molecule has 0 bridgehead atoms. The lowest BCUT2D eigenvalue weighted by molar-refractivity contribution is -0.315. The Bertz CT molecular complexity index is 723. The van der Waals surface area contributed by atoms with E-state index < -0.39 is 58.6 Å². The maximum absolute atomic E-state index is 13.8. The summed E-state index contributed by atoms with van der Waals surface area (Å²) in [6, 6.07) is 1.63. The van der Waals surface area contributed by atoms with Gasteiger partial charge in [-0.15, -0.1) is 0 Å². The summed E-state index contributed by atoms with van der Waals surface area (Å²) < 4.78 is 82.9. The van der Waals surface area contributed by atoms with Gasteiger partial charge in [-0.2, -0.15) is 26.3 Å². The average molecular weight is 368 g/mol. The van der Waals surface area contributed by atoms with Crippen molar-refractivity contribution >= 4 is 5.69 Å². The number of hydrogen-bond acceptors (Lipinski definition) is 4. The minimum atomic E-state index is -5.75. The smallest absolute Gasteiger partial charge is 0.407 e. The Hall–Kier alpha value is -2.52. The molecular weight excluding hydrogens is 354 g/mol. The number of aliphatic hydroxyl groups is 1. The molecule has 1 unspecified atom stereocenters. The Balaban J connectivity index is 2.79. The summed E-state index contributed by atoms with van der Waals surface area (Å²) >= 11 is 0. The molecule has 4 nitrogen and oxygen atoms in total. The maximum atomic E-state index is 13.8. The van der Waals surface area contributed by atoms with Crippen LogP contribution in [0.1, 0.15) is 12.0 Å². The van der Waals surface area contributed by atoms with E-state index in [0.717, 1.165) is 0 Å². The van der Waals surface area contributed by atoms with Crippen molar-refractivity contribution < 1.29 is 36.6 Å². The van der Waals surface area contributed by atoms with Crippen LogP contribution in [0.3, 0.4) is 0 Å². The number of anilines is 1. The fourth-order valence-electron chi connectivity index (χ4n) is 2.94. The van der Waals surface area contributed by atoms with E-state index in [2.05, 4.69) is 0 Å². The second-order valence-electron chi connectivity index (χ2n) is 5.66. The topological polar surface area (TPSA) is 92.5 Å². The van der Waals surface area contributed by atoms with Crippen LogP contribution in [0, 0.1) is 5.92 Å². The largest absolute Gasteiger partial charge is 0.506 e. The Kier molecular flexibility index (Phi) is 4.35.